The standard InChI is InChI=1S/C18H20O2/c1-2-3-17-16-9-8-15(20)10-13(16)11-18(17)12-4-6-14(19)7-5-12/h4-10,17-20H,2-3,11H2,1H3/t17-,18+/m1/s1. The van der Waals surface area contributed by atoms with Gasteiger partial charge < -0.3 is 10.2 Å². The minimum atomic E-state index is 0.314. The smallest absolute Gasteiger partial charge is 0.115 e. The first-order valence-electron chi connectivity index (χ1n) is 7.29. The Morgan fingerprint density at radius 1 is 1.00 bits per heavy atom. The number of rotatable bonds is 3. The highest BCUT2D eigenvalue weighted by atomic mass is 16.3. The molecule has 2 aromatic carbocycles. The molecule has 0 amide bonds. The first kappa shape index (κ1) is 13.0. The molecule has 0 heterocycles. The Morgan fingerprint density at radius 3 is 2.40 bits per heavy atom. The Bertz CT molecular complexity index is 601. The molecule has 0 saturated carbocycles. The lowest BCUT2D eigenvalue weighted by Crippen LogP contribution is -2.06. The van der Waals surface area contributed by atoms with Crippen molar-refractivity contribution in [1.29, 1.82) is 0 Å². The van der Waals surface area contributed by atoms with Crippen molar-refractivity contribution in [1.82, 2.24) is 0 Å². The molecule has 2 heteroatoms. The van der Waals surface area contributed by atoms with Gasteiger partial charge in [-0.15, -0.1) is 0 Å². The van der Waals surface area contributed by atoms with E-state index in [1.165, 1.54) is 16.7 Å². The molecular weight excluding hydrogens is 248 g/mol. The van der Waals surface area contributed by atoms with Gasteiger partial charge in [0.25, 0.3) is 0 Å². The maximum Gasteiger partial charge on any atom is 0.115 e. The summed E-state index contributed by atoms with van der Waals surface area (Å²) in [5.74, 6) is 1.63. The summed E-state index contributed by atoms with van der Waals surface area (Å²) in [6.07, 6.45) is 3.28. The molecular formula is C18H20O2. The van der Waals surface area contributed by atoms with Crippen molar-refractivity contribution < 1.29 is 10.2 Å². The lowest BCUT2D eigenvalue weighted by Gasteiger charge is -2.20. The average Bonchev–Trinajstić information content (AvgIpc) is 2.78. The zero-order chi connectivity index (χ0) is 14.1. The summed E-state index contributed by atoms with van der Waals surface area (Å²) in [4.78, 5) is 0. The Hall–Kier alpha value is -1.96. The minimum Gasteiger partial charge on any atom is -0.508 e. The van der Waals surface area contributed by atoms with Gasteiger partial charge in [-0.05, 0) is 65.6 Å². The number of aromatic hydroxyl groups is 2. The van der Waals surface area contributed by atoms with Crippen molar-refractivity contribution in [3.63, 3.8) is 0 Å². The van der Waals surface area contributed by atoms with E-state index in [9.17, 15) is 10.2 Å². The largest absolute Gasteiger partial charge is 0.508 e. The van der Waals surface area contributed by atoms with E-state index in [2.05, 4.69) is 13.0 Å². The van der Waals surface area contributed by atoms with Gasteiger partial charge in [-0.2, -0.15) is 0 Å². The van der Waals surface area contributed by atoms with Gasteiger partial charge in [0, 0.05) is 0 Å². The molecule has 0 spiro atoms. The van der Waals surface area contributed by atoms with E-state index in [4.69, 9.17) is 0 Å². The van der Waals surface area contributed by atoms with Gasteiger partial charge in [0.05, 0.1) is 0 Å². The van der Waals surface area contributed by atoms with E-state index < -0.39 is 0 Å². The zero-order valence-electron chi connectivity index (χ0n) is 11.7. The first-order valence-corrected chi connectivity index (χ1v) is 7.29. The SMILES string of the molecule is CCC[C@@H]1c2ccc(O)cc2C[C@H]1c1ccc(O)cc1. The lowest BCUT2D eigenvalue weighted by atomic mass is 9.84. The van der Waals surface area contributed by atoms with Gasteiger partial charge >= 0.3 is 0 Å². The molecule has 0 radical (unpaired) electrons. The molecule has 1 aliphatic rings. The highest BCUT2D eigenvalue weighted by Crippen LogP contribution is 2.47. The van der Waals surface area contributed by atoms with Crippen LogP contribution in [-0.2, 0) is 6.42 Å². The van der Waals surface area contributed by atoms with Crippen molar-refractivity contribution in [2.45, 2.75) is 38.0 Å². The van der Waals surface area contributed by atoms with Crippen LogP contribution in [0.5, 0.6) is 11.5 Å². The van der Waals surface area contributed by atoms with Crippen molar-refractivity contribution >= 4 is 0 Å². The van der Waals surface area contributed by atoms with Crippen LogP contribution in [0.3, 0.4) is 0 Å². The fourth-order valence-corrected chi connectivity index (χ4v) is 3.47. The Labute approximate surface area is 119 Å². The van der Waals surface area contributed by atoms with E-state index in [0.717, 1.165) is 19.3 Å². The minimum absolute atomic E-state index is 0.314. The number of fused-ring (bicyclic) bond motifs is 1. The molecule has 3 rings (SSSR count). The van der Waals surface area contributed by atoms with Crippen LogP contribution < -0.4 is 0 Å². The maximum atomic E-state index is 9.67. The van der Waals surface area contributed by atoms with E-state index in [0.29, 0.717) is 23.3 Å². The van der Waals surface area contributed by atoms with Gasteiger partial charge in [-0.1, -0.05) is 31.5 Å². The average molecular weight is 268 g/mol. The van der Waals surface area contributed by atoms with Gasteiger partial charge in [0.1, 0.15) is 11.5 Å². The predicted molar refractivity (Wildman–Crippen MR) is 80.3 cm³/mol. The summed E-state index contributed by atoms with van der Waals surface area (Å²) < 4.78 is 0. The summed E-state index contributed by atoms with van der Waals surface area (Å²) >= 11 is 0. The molecule has 2 nitrogen and oxygen atoms in total. The molecule has 2 N–H and O–H groups in total. The second-order valence-electron chi connectivity index (χ2n) is 5.68. The Balaban J connectivity index is 1.98. The van der Waals surface area contributed by atoms with Gasteiger partial charge in [-0.25, -0.2) is 0 Å². The number of phenols is 2. The third kappa shape index (κ3) is 2.26. The van der Waals surface area contributed by atoms with Crippen LogP contribution in [0.15, 0.2) is 42.5 Å². The van der Waals surface area contributed by atoms with Crippen molar-refractivity contribution in [3.8, 4) is 11.5 Å². The molecule has 0 unspecified atom stereocenters. The van der Waals surface area contributed by atoms with Crippen LogP contribution in [0, 0.1) is 0 Å². The summed E-state index contributed by atoms with van der Waals surface area (Å²) in [6, 6.07) is 13.3. The van der Waals surface area contributed by atoms with Crippen LogP contribution >= 0.6 is 0 Å². The van der Waals surface area contributed by atoms with Gasteiger partial charge in [-0.3, -0.25) is 0 Å². The second-order valence-corrected chi connectivity index (χ2v) is 5.68. The number of hydrogen-bond donors (Lipinski definition) is 2. The monoisotopic (exact) mass is 268 g/mol. The Kier molecular flexibility index (Phi) is 3.39. The highest BCUT2D eigenvalue weighted by Gasteiger charge is 2.32. The van der Waals surface area contributed by atoms with E-state index in [1.54, 1.807) is 18.2 Å². The predicted octanol–water partition coefficient (Wildman–Crippen LogP) is 4.32. The number of hydrogen-bond acceptors (Lipinski definition) is 2. The van der Waals surface area contributed by atoms with Crippen molar-refractivity contribution in [3.05, 3.63) is 59.2 Å². The molecule has 0 aliphatic heterocycles. The quantitative estimate of drug-likeness (QED) is 0.870. The van der Waals surface area contributed by atoms with Crippen LogP contribution in [0.4, 0.5) is 0 Å². The number of benzene rings is 2. The maximum absolute atomic E-state index is 9.67. The fourth-order valence-electron chi connectivity index (χ4n) is 3.47. The number of phenolic OH excluding ortho intramolecular Hbond substituents is 2. The van der Waals surface area contributed by atoms with E-state index in [1.807, 2.05) is 18.2 Å². The third-order valence-electron chi connectivity index (χ3n) is 4.37. The molecule has 2 atom stereocenters. The molecule has 0 fully saturated rings. The summed E-state index contributed by atoms with van der Waals surface area (Å²) in [7, 11) is 0. The van der Waals surface area contributed by atoms with Crippen molar-refractivity contribution in [2.75, 3.05) is 0 Å². The molecule has 1 aliphatic carbocycles. The summed E-state index contributed by atoms with van der Waals surface area (Å²) in [5.41, 5.74) is 3.92. The molecule has 0 saturated heterocycles. The highest BCUT2D eigenvalue weighted by molar-refractivity contribution is 5.45. The Morgan fingerprint density at radius 2 is 1.70 bits per heavy atom. The lowest BCUT2D eigenvalue weighted by molar-refractivity contribution is 0.473. The van der Waals surface area contributed by atoms with Gasteiger partial charge in [0.15, 0.2) is 0 Å². The van der Waals surface area contributed by atoms with E-state index in [-0.39, 0.29) is 0 Å². The normalized spacial score (nSPS) is 20.9. The third-order valence-corrected chi connectivity index (χ3v) is 4.37. The fraction of sp³-hybridized carbons (Fsp3) is 0.333. The second kappa shape index (κ2) is 5.20. The first-order chi connectivity index (χ1) is 9.69. The van der Waals surface area contributed by atoms with Crippen LogP contribution in [-0.4, -0.2) is 10.2 Å². The molecule has 2 aromatic rings. The van der Waals surface area contributed by atoms with Crippen LogP contribution in [0.25, 0.3) is 0 Å². The molecule has 0 bridgehead atoms. The topological polar surface area (TPSA) is 40.5 Å². The van der Waals surface area contributed by atoms with E-state index >= 15 is 0 Å². The molecule has 0 aromatic heterocycles. The molecule has 20 heavy (non-hydrogen) atoms. The van der Waals surface area contributed by atoms with Crippen molar-refractivity contribution in [2.24, 2.45) is 0 Å². The van der Waals surface area contributed by atoms with Crippen LogP contribution in [0.1, 0.15) is 48.3 Å². The van der Waals surface area contributed by atoms with Crippen LogP contribution in [0.2, 0.25) is 0 Å². The zero-order valence-corrected chi connectivity index (χ0v) is 11.7. The summed E-state index contributed by atoms with van der Waals surface area (Å²) in [6.45, 7) is 2.21. The molecule has 104 valence electrons. The summed E-state index contributed by atoms with van der Waals surface area (Å²) in [5, 5.41) is 19.1. The van der Waals surface area contributed by atoms with Gasteiger partial charge in [0.2, 0.25) is 0 Å².